The zero-order valence-corrected chi connectivity index (χ0v) is 17.2. The number of methoxy groups -OCH3 is 1. The lowest BCUT2D eigenvalue weighted by molar-refractivity contribution is -0.118. The Morgan fingerprint density at radius 1 is 0.967 bits per heavy atom. The molecule has 1 amide bonds. The number of hydrogen-bond acceptors (Lipinski definition) is 4. The summed E-state index contributed by atoms with van der Waals surface area (Å²) < 4.78 is 37.8. The van der Waals surface area contributed by atoms with Crippen molar-refractivity contribution in [2.24, 2.45) is 0 Å². The minimum atomic E-state index is -0.677. The van der Waals surface area contributed by atoms with Crippen molar-refractivity contribution in [1.29, 1.82) is 0 Å². The number of carbonyl (C=O) groups excluding carboxylic acids is 1. The van der Waals surface area contributed by atoms with Crippen LogP contribution in [0.5, 0.6) is 11.5 Å². The van der Waals surface area contributed by atoms with Gasteiger partial charge in [-0.1, -0.05) is 36.4 Å². The summed E-state index contributed by atoms with van der Waals surface area (Å²) in [7, 11) is 1.56. The minimum Gasteiger partial charge on any atom is -0.493 e. The molecule has 1 N–H and O–H groups in total. The summed E-state index contributed by atoms with van der Waals surface area (Å²) >= 11 is 1.02. The standard InChI is InChI=1S/C23H21F2NO3S/c1-28-21-11-17(7-9-20(21)29-14-16-5-3-2-4-6-16)13-26-23(27)15-30-22-10-8-18(24)12-19(22)25/h2-12H,13-15H2,1H3,(H,26,27). The van der Waals surface area contributed by atoms with E-state index in [1.807, 2.05) is 36.4 Å². The number of benzene rings is 3. The molecular formula is C23H21F2NO3S. The Balaban J connectivity index is 1.51. The fraction of sp³-hybridized carbons (Fsp3) is 0.174. The summed E-state index contributed by atoms with van der Waals surface area (Å²) in [6, 6.07) is 18.5. The number of halogens is 2. The highest BCUT2D eigenvalue weighted by atomic mass is 32.2. The van der Waals surface area contributed by atoms with Gasteiger partial charge in [0.2, 0.25) is 5.91 Å². The van der Waals surface area contributed by atoms with Crippen LogP contribution in [-0.4, -0.2) is 18.8 Å². The van der Waals surface area contributed by atoms with Gasteiger partial charge in [0.1, 0.15) is 18.2 Å². The molecule has 0 heterocycles. The van der Waals surface area contributed by atoms with Crippen LogP contribution < -0.4 is 14.8 Å². The van der Waals surface area contributed by atoms with Gasteiger partial charge < -0.3 is 14.8 Å². The molecule has 3 aromatic carbocycles. The third-order valence-corrected chi connectivity index (χ3v) is 5.26. The van der Waals surface area contributed by atoms with Crippen LogP contribution in [0.1, 0.15) is 11.1 Å². The molecule has 7 heteroatoms. The van der Waals surface area contributed by atoms with Crippen molar-refractivity contribution in [2.75, 3.05) is 12.9 Å². The minimum absolute atomic E-state index is 0.0258. The average molecular weight is 429 g/mol. The predicted molar refractivity (Wildman–Crippen MR) is 113 cm³/mol. The SMILES string of the molecule is COc1cc(CNC(=O)CSc2ccc(F)cc2F)ccc1OCc1ccccc1. The second-order valence-electron chi connectivity index (χ2n) is 6.40. The zero-order chi connectivity index (χ0) is 21.3. The maximum Gasteiger partial charge on any atom is 0.230 e. The van der Waals surface area contributed by atoms with Crippen LogP contribution in [0.3, 0.4) is 0 Å². The van der Waals surface area contributed by atoms with E-state index >= 15 is 0 Å². The molecule has 0 atom stereocenters. The van der Waals surface area contributed by atoms with E-state index in [4.69, 9.17) is 9.47 Å². The van der Waals surface area contributed by atoms with Crippen LogP contribution in [-0.2, 0) is 17.9 Å². The van der Waals surface area contributed by atoms with Crippen LogP contribution in [0.15, 0.2) is 71.6 Å². The number of rotatable bonds is 9. The molecule has 0 radical (unpaired) electrons. The Hall–Kier alpha value is -3.06. The van der Waals surface area contributed by atoms with E-state index in [1.54, 1.807) is 19.2 Å². The van der Waals surface area contributed by atoms with E-state index in [9.17, 15) is 13.6 Å². The van der Waals surface area contributed by atoms with Crippen LogP contribution in [0.2, 0.25) is 0 Å². The molecule has 0 spiro atoms. The molecule has 0 unspecified atom stereocenters. The Morgan fingerprint density at radius 3 is 2.50 bits per heavy atom. The second-order valence-corrected chi connectivity index (χ2v) is 7.42. The van der Waals surface area contributed by atoms with E-state index in [2.05, 4.69) is 5.32 Å². The number of carbonyl (C=O) groups is 1. The summed E-state index contributed by atoms with van der Waals surface area (Å²) in [5.41, 5.74) is 1.89. The van der Waals surface area contributed by atoms with Crippen molar-refractivity contribution >= 4 is 17.7 Å². The zero-order valence-electron chi connectivity index (χ0n) is 16.4. The van der Waals surface area contributed by atoms with Crippen LogP contribution in [0, 0.1) is 11.6 Å². The van der Waals surface area contributed by atoms with Crippen molar-refractivity contribution in [3.05, 3.63) is 89.5 Å². The molecule has 156 valence electrons. The van der Waals surface area contributed by atoms with Crippen molar-refractivity contribution in [2.45, 2.75) is 18.0 Å². The molecule has 30 heavy (non-hydrogen) atoms. The average Bonchev–Trinajstić information content (AvgIpc) is 2.76. The van der Waals surface area contributed by atoms with Gasteiger partial charge in [0.15, 0.2) is 11.5 Å². The number of hydrogen-bond donors (Lipinski definition) is 1. The molecule has 0 fully saturated rings. The van der Waals surface area contributed by atoms with Gasteiger partial charge in [-0.3, -0.25) is 4.79 Å². The Bertz CT molecular complexity index is 999. The summed E-state index contributed by atoms with van der Waals surface area (Å²) in [5.74, 6) is -0.376. The van der Waals surface area contributed by atoms with Gasteiger partial charge >= 0.3 is 0 Å². The first-order chi connectivity index (χ1) is 14.5. The number of ether oxygens (including phenoxy) is 2. The number of thioether (sulfide) groups is 1. The first-order valence-corrected chi connectivity index (χ1v) is 10.2. The van der Waals surface area contributed by atoms with Crippen molar-refractivity contribution in [1.82, 2.24) is 5.32 Å². The van der Waals surface area contributed by atoms with Crippen LogP contribution in [0.25, 0.3) is 0 Å². The van der Waals surface area contributed by atoms with Crippen LogP contribution in [0.4, 0.5) is 8.78 Å². The van der Waals surface area contributed by atoms with Gasteiger partial charge in [0.05, 0.1) is 12.9 Å². The Kier molecular flexibility index (Phi) is 7.68. The van der Waals surface area contributed by atoms with Gasteiger partial charge in [0.25, 0.3) is 0 Å². The van der Waals surface area contributed by atoms with E-state index in [1.165, 1.54) is 6.07 Å². The number of amides is 1. The maximum absolute atomic E-state index is 13.6. The molecule has 0 aliphatic rings. The van der Waals surface area contributed by atoms with E-state index in [0.717, 1.165) is 35.0 Å². The molecule has 0 aliphatic carbocycles. The predicted octanol–water partition coefficient (Wildman–Crippen LogP) is 4.96. The molecular weight excluding hydrogens is 408 g/mol. The van der Waals surface area contributed by atoms with Gasteiger partial charge in [-0.15, -0.1) is 11.8 Å². The van der Waals surface area contributed by atoms with Crippen molar-refractivity contribution in [3.63, 3.8) is 0 Å². The molecule has 0 aliphatic heterocycles. The van der Waals surface area contributed by atoms with Gasteiger partial charge in [-0.2, -0.15) is 0 Å². The molecule has 0 saturated carbocycles. The second kappa shape index (κ2) is 10.6. The summed E-state index contributed by atoms with van der Waals surface area (Å²) in [4.78, 5) is 12.3. The van der Waals surface area contributed by atoms with Crippen molar-refractivity contribution < 1.29 is 23.0 Å². The molecule has 0 bridgehead atoms. The fourth-order valence-corrected chi connectivity index (χ4v) is 3.41. The largest absolute Gasteiger partial charge is 0.493 e. The highest BCUT2D eigenvalue weighted by molar-refractivity contribution is 8.00. The third-order valence-electron chi connectivity index (χ3n) is 4.21. The summed E-state index contributed by atoms with van der Waals surface area (Å²) in [6.07, 6.45) is 0. The summed E-state index contributed by atoms with van der Waals surface area (Å²) in [5, 5.41) is 2.78. The van der Waals surface area contributed by atoms with Gasteiger partial charge in [-0.25, -0.2) is 8.78 Å². The van der Waals surface area contributed by atoms with Gasteiger partial charge in [-0.05, 0) is 35.4 Å². The smallest absolute Gasteiger partial charge is 0.230 e. The lowest BCUT2D eigenvalue weighted by Crippen LogP contribution is -2.24. The summed E-state index contributed by atoms with van der Waals surface area (Å²) in [6.45, 7) is 0.713. The quantitative estimate of drug-likeness (QED) is 0.489. The molecule has 0 aromatic heterocycles. The molecule has 3 rings (SSSR count). The molecule has 0 saturated heterocycles. The first-order valence-electron chi connectivity index (χ1n) is 9.23. The normalized spacial score (nSPS) is 10.5. The lowest BCUT2D eigenvalue weighted by atomic mass is 10.2. The highest BCUT2D eigenvalue weighted by Crippen LogP contribution is 2.29. The highest BCUT2D eigenvalue weighted by Gasteiger charge is 2.10. The number of nitrogens with one attached hydrogen (secondary N) is 1. The Morgan fingerprint density at radius 2 is 1.77 bits per heavy atom. The van der Waals surface area contributed by atoms with Crippen LogP contribution >= 0.6 is 11.8 Å². The third kappa shape index (κ3) is 6.22. The Labute approximate surface area is 178 Å². The molecule has 3 aromatic rings. The first kappa shape index (κ1) is 21.6. The lowest BCUT2D eigenvalue weighted by Gasteiger charge is -2.13. The molecule has 4 nitrogen and oxygen atoms in total. The van der Waals surface area contributed by atoms with E-state index in [-0.39, 0.29) is 16.6 Å². The fourth-order valence-electron chi connectivity index (χ4n) is 2.66. The topological polar surface area (TPSA) is 47.6 Å². The monoisotopic (exact) mass is 429 g/mol. The van der Waals surface area contributed by atoms with Gasteiger partial charge in [0, 0.05) is 17.5 Å². The van der Waals surface area contributed by atoms with E-state index < -0.39 is 11.6 Å². The van der Waals surface area contributed by atoms with Crippen molar-refractivity contribution in [3.8, 4) is 11.5 Å². The van der Waals surface area contributed by atoms with E-state index in [0.29, 0.717) is 24.7 Å². The maximum atomic E-state index is 13.6.